The monoisotopic (exact) mass is 322 g/mol. The van der Waals surface area contributed by atoms with Gasteiger partial charge in [0.05, 0.1) is 12.0 Å². The molecule has 2 atom stereocenters. The Morgan fingerprint density at radius 2 is 1.95 bits per heavy atom. The highest BCUT2D eigenvalue weighted by molar-refractivity contribution is 9.10. The van der Waals surface area contributed by atoms with E-state index in [0.717, 1.165) is 28.6 Å². The number of hydrogen-bond donors (Lipinski definition) is 0. The summed E-state index contributed by atoms with van der Waals surface area (Å²) in [6.07, 6.45) is 3.77. The predicted octanol–water partition coefficient (Wildman–Crippen LogP) is 4.61. The lowest BCUT2D eigenvalue weighted by atomic mass is 9.70. The number of hydrogen-bond acceptors (Lipinski definition) is 2. The van der Waals surface area contributed by atoms with Crippen LogP contribution in [0, 0.1) is 11.8 Å². The minimum absolute atomic E-state index is 0.226. The molecule has 102 valence electrons. The van der Waals surface area contributed by atoms with Gasteiger partial charge in [-0.15, -0.1) is 0 Å². The van der Waals surface area contributed by atoms with E-state index in [1.165, 1.54) is 6.42 Å². The molecule has 1 saturated carbocycles. The maximum Gasteiger partial charge on any atom is 0.170 e. The molecule has 1 aliphatic heterocycles. The molecule has 1 aromatic rings. The van der Waals surface area contributed by atoms with E-state index in [-0.39, 0.29) is 11.4 Å². The highest BCUT2D eigenvalue weighted by atomic mass is 79.9. The van der Waals surface area contributed by atoms with Crippen molar-refractivity contribution in [3.05, 3.63) is 28.2 Å². The Morgan fingerprint density at radius 1 is 1.26 bits per heavy atom. The molecule has 1 heterocycles. The molecule has 1 spiro atoms. The molecule has 2 unspecified atom stereocenters. The van der Waals surface area contributed by atoms with Crippen molar-refractivity contribution in [3.8, 4) is 5.75 Å². The van der Waals surface area contributed by atoms with Crippen molar-refractivity contribution < 1.29 is 9.53 Å². The summed E-state index contributed by atoms with van der Waals surface area (Å²) in [5.74, 6) is 2.26. The van der Waals surface area contributed by atoms with Crippen LogP contribution in [0.3, 0.4) is 0 Å². The molecule has 2 nitrogen and oxygen atoms in total. The molecule has 1 aliphatic carbocycles. The zero-order valence-electron chi connectivity index (χ0n) is 11.4. The number of ketones is 1. The number of benzene rings is 1. The quantitative estimate of drug-likeness (QED) is 0.697. The van der Waals surface area contributed by atoms with Crippen molar-refractivity contribution in [2.24, 2.45) is 11.8 Å². The van der Waals surface area contributed by atoms with Crippen LogP contribution in [0.1, 0.15) is 49.9 Å². The minimum atomic E-state index is -0.255. The minimum Gasteiger partial charge on any atom is -0.486 e. The smallest absolute Gasteiger partial charge is 0.170 e. The molecular weight excluding hydrogens is 304 g/mol. The van der Waals surface area contributed by atoms with Gasteiger partial charge in [0.25, 0.3) is 0 Å². The molecule has 0 bridgehead atoms. The second-order valence-corrected chi connectivity index (χ2v) is 7.30. The second-order valence-electron chi connectivity index (χ2n) is 6.38. The lowest BCUT2D eigenvalue weighted by molar-refractivity contribution is -0.0173. The third-order valence-corrected chi connectivity index (χ3v) is 4.79. The van der Waals surface area contributed by atoms with Crippen LogP contribution >= 0.6 is 15.9 Å². The Balaban J connectivity index is 1.96. The van der Waals surface area contributed by atoms with E-state index in [0.29, 0.717) is 18.3 Å². The average molecular weight is 323 g/mol. The topological polar surface area (TPSA) is 26.3 Å². The van der Waals surface area contributed by atoms with Gasteiger partial charge in [0, 0.05) is 4.47 Å². The predicted molar refractivity (Wildman–Crippen MR) is 78.6 cm³/mol. The van der Waals surface area contributed by atoms with Gasteiger partial charge in [-0.25, -0.2) is 0 Å². The number of halogens is 1. The molecular formula is C16H19BrO2. The van der Waals surface area contributed by atoms with E-state index in [9.17, 15) is 4.79 Å². The van der Waals surface area contributed by atoms with Gasteiger partial charge in [-0.1, -0.05) is 29.8 Å². The van der Waals surface area contributed by atoms with Gasteiger partial charge in [-0.05, 0) is 49.3 Å². The second kappa shape index (κ2) is 4.62. The highest BCUT2D eigenvalue weighted by Gasteiger charge is 2.45. The van der Waals surface area contributed by atoms with Crippen molar-refractivity contribution >= 4 is 21.7 Å². The number of carbonyl (C=O) groups excluding carboxylic acids is 1. The van der Waals surface area contributed by atoms with Gasteiger partial charge in [-0.2, -0.15) is 0 Å². The third-order valence-electron chi connectivity index (χ3n) is 4.30. The highest BCUT2D eigenvalue weighted by Crippen LogP contribution is 2.45. The van der Waals surface area contributed by atoms with Gasteiger partial charge < -0.3 is 4.74 Å². The largest absolute Gasteiger partial charge is 0.486 e. The Hall–Kier alpha value is -0.830. The van der Waals surface area contributed by atoms with Crippen molar-refractivity contribution in [3.63, 3.8) is 0 Å². The van der Waals surface area contributed by atoms with Crippen LogP contribution in [0.25, 0.3) is 0 Å². The summed E-state index contributed by atoms with van der Waals surface area (Å²) in [6, 6.07) is 5.74. The fourth-order valence-electron chi connectivity index (χ4n) is 3.90. The molecule has 1 fully saturated rings. The van der Waals surface area contributed by atoms with Gasteiger partial charge in [-0.3, -0.25) is 4.79 Å². The molecule has 0 radical (unpaired) electrons. The third kappa shape index (κ3) is 2.45. The summed E-state index contributed by atoms with van der Waals surface area (Å²) in [4.78, 5) is 12.4. The number of carbonyl (C=O) groups is 1. The van der Waals surface area contributed by atoms with Gasteiger partial charge in [0.1, 0.15) is 11.4 Å². The van der Waals surface area contributed by atoms with Gasteiger partial charge in [0.2, 0.25) is 0 Å². The van der Waals surface area contributed by atoms with E-state index in [2.05, 4.69) is 29.8 Å². The number of ether oxygens (including phenoxy) is 1. The molecule has 0 amide bonds. The summed E-state index contributed by atoms with van der Waals surface area (Å²) >= 11 is 3.42. The first-order valence-corrected chi connectivity index (χ1v) is 7.78. The molecule has 0 N–H and O–H groups in total. The first kappa shape index (κ1) is 13.2. The summed E-state index contributed by atoms with van der Waals surface area (Å²) in [7, 11) is 0. The van der Waals surface area contributed by atoms with E-state index < -0.39 is 0 Å². The fraction of sp³-hybridized carbons (Fsp3) is 0.562. The average Bonchev–Trinajstić information content (AvgIpc) is 2.28. The van der Waals surface area contributed by atoms with E-state index >= 15 is 0 Å². The van der Waals surface area contributed by atoms with Crippen LogP contribution in [0.4, 0.5) is 0 Å². The Kier molecular flexibility index (Phi) is 3.20. The van der Waals surface area contributed by atoms with Crippen molar-refractivity contribution in [2.45, 2.75) is 45.1 Å². The normalized spacial score (nSPS) is 33.9. The number of rotatable bonds is 0. The maximum atomic E-state index is 12.4. The summed E-state index contributed by atoms with van der Waals surface area (Å²) in [6.45, 7) is 4.53. The van der Waals surface area contributed by atoms with Crippen LogP contribution in [0.2, 0.25) is 0 Å². The first-order valence-electron chi connectivity index (χ1n) is 6.99. The Bertz CT molecular complexity index is 513. The van der Waals surface area contributed by atoms with Crippen molar-refractivity contribution in [1.82, 2.24) is 0 Å². The SMILES string of the molecule is CC1CC(C)CC2(CC(=O)c3cc(Br)ccc3O2)C1. The lowest BCUT2D eigenvalue weighted by Crippen LogP contribution is -2.47. The lowest BCUT2D eigenvalue weighted by Gasteiger charge is -2.45. The van der Waals surface area contributed by atoms with Crippen LogP contribution in [0.15, 0.2) is 22.7 Å². The summed E-state index contributed by atoms with van der Waals surface area (Å²) in [5, 5.41) is 0. The number of fused-ring (bicyclic) bond motifs is 1. The van der Waals surface area contributed by atoms with Crippen molar-refractivity contribution in [2.75, 3.05) is 0 Å². The molecule has 2 aliphatic rings. The molecule has 0 aromatic heterocycles. The standard InChI is InChI=1S/C16H19BrO2/c1-10-5-11(2)8-16(7-10)9-14(18)13-6-12(17)3-4-15(13)19-16/h3-4,6,10-11H,5,7-9H2,1-2H3. The Labute approximate surface area is 122 Å². The van der Waals surface area contributed by atoms with Gasteiger partial charge in [0.15, 0.2) is 5.78 Å². The van der Waals surface area contributed by atoms with Crippen LogP contribution < -0.4 is 4.74 Å². The Morgan fingerprint density at radius 3 is 2.63 bits per heavy atom. The van der Waals surface area contributed by atoms with Crippen LogP contribution in [-0.4, -0.2) is 11.4 Å². The zero-order chi connectivity index (χ0) is 13.6. The fourth-order valence-corrected chi connectivity index (χ4v) is 4.26. The van der Waals surface area contributed by atoms with E-state index in [1.807, 2.05) is 18.2 Å². The van der Waals surface area contributed by atoms with E-state index in [1.54, 1.807) is 0 Å². The van der Waals surface area contributed by atoms with Crippen LogP contribution in [-0.2, 0) is 0 Å². The maximum absolute atomic E-state index is 12.4. The van der Waals surface area contributed by atoms with Gasteiger partial charge >= 0.3 is 0 Å². The molecule has 3 heteroatoms. The van der Waals surface area contributed by atoms with E-state index in [4.69, 9.17) is 4.74 Å². The summed E-state index contributed by atoms with van der Waals surface area (Å²) in [5.41, 5.74) is 0.473. The first-order chi connectivity index (χ1) is 8.97. The molecule has 3 rings (SSSR count). The molecule has 1 aromatic carbocycles. The number of Topliss-reactive ketones (excluding diaryl/α,β-unsaturated/α-hetero) is 1. The van der Waals surface area contributed by atoms with Crippen LogP contribution in [0.5, 0.6) is 5.75 Å². The molecule has 19 heavy (non-hydrogen) atoms. The molecule has 0 saturated heterocycles. The zero-order valence-corrected chi connectivity index (χ0v) is 13.0. The summed E-state index contributed by atoms with van der Waals surface area (Å²) < 4.78 is 7.22. The van der Waals surface area contributed by atoms with Crippen molar-refractivity contribution in [1.29, 1.82) is 0 Å².